The van der Waals surface area contributed by atoms with Gasteiger partial charge in [0.1, 0.15) is 5.56 Å². The van der Waals surface area contributed by atoms with Gasteiger partial charge in [-0.3, -0.25) is 4.79 Å². The number of allylic oxidation sites excluding steroid dienone is 1. The summed E-state index contributed by atoms with van der Waals surface area (Å²) in [6.45, 7) is 3.34. The van der Waals surface area contributed by atoms with Crippen molar-refractivity contribution in [1.82, 2.24) is 4.98 Å². The average Bonchev–Trinajstić information content (AvgIpc) is 2.47. The first-order valence-electron chi connectivity index (χ1n) is 4.41. The number of hydrogen-bond donors (Lipinski definition) is 3. The Morgan fingerprint density at radius 2 is 2.20 bits per heavy atom. The Labute approximate surface area is 86.8 Å². The van der Waals surface area contributed by atoms with E-state index >= 15 is 0 Å². The van der Waals surface area contributed by atoms with Gasteiger partial charge in [-0.1, -0.05) is 6.08 Å². The number of carboxylic acids is 1. The van der Waals surface area contributed by atoms with Gasteiger partial charge in [0.25, 0.3) is 0 Å². The number of hydrogen-bond acceptors (Lipinski definition) is 2. The van der Waals surface area contributed by atoms with Crippen molar-refractivity contribution in [3.05, 3.63) is 29.6 Å². The van der Waals surface area contributed by atoms with Crippen LogP contribution in [0.15, 0.2) is 18.3 Å². The molecule has 0 bridgehead atoms. The number of amides is 1. The molecule has 5 nitrogen and oxygen atoms in total. The smallest absolute Gasteiger partial charge is 0.339 e. The highest BCUT2D eigenvalue weighted by molar-refractivity contribution is 6.05. The molecule has 5 heteroatoms. The van der Waals surface area contributed by atoms with Gasteiger partial charge in [-0.25, -0.2) is 4.79 Å². The summed E-state index contributed by atoms with van der Waals surface area (Å²) in [5.41, 5.74) is 0.884. The molecule has 15 heavy (non-hydrogen) atoms. The number of aromatic amines is 1. The zero-order valence-corrected chi connectivity index (χ0v) is 8.50. The fourth-order valence-corrected chi connectivity index (χ4v) is 1.23. The van der Waals surface area contributed by atoms with E-state index in [0.717, 1.165) is 0 Å². The third kappa shape index (κ3) is 2.46. The second-order valence-electron chi connectivity index (χ2n) is 3.00. The van der Waals surface area contributed by atoms with E-state index in [0.29, 0.717) is 5.69 Å². The summed E-state index contributed by atoms with van der Waals surface area (Å²) in [6.07, 6.45) is 4.36. The van der Waals surface area contributed by atoms with Crippen molar-refractivity contribution in [2.75, 3.05) is 5.32 Å². The monoisotopic (exact) mass is 208 g/mol. The van der Waals surface area contributed by atoms with Gasteiger partial charge in [-0.2, -0.15) is 0 Å². The summed E-state index contributed by atoms with van der Waals surface area (Å²) in [4.78, 5) is 24.8. The lowest BCUT2D eigenvalue weighted by Gasteiger charge is -2.00. The summed E-state index contributed by atoms with van der Waals surface area (Å²) >= 11 is 0. The Hall–Kier alpha value is -2.04. The topological polar surface area (TPSA) is 82.2 Å². The minimum atomic E-state index is -1.07. The lowest BCUT2D eigenvalue weighted by Crippen LogP contribution is -2.10. The molecule has 0 aliphatic heterocycles. The molecule has 1 rings (SSSR count). The van der Waals surface area contributed by atoms with Gasteiger partial charge in [0.2, 0.25) is 5.91 Å². The molecule has 0 saturated heterocycles. The number of H-pyrrole nitrogens is 1. The van der Waals surface area contributed by atoms with E-state index in [2.05, 4.69) is 10.3 Å². The van der Waals surface area contributed by atoms with Gasteiger partial charge in [-0.05, 0) is 19.9 Å². The van der Waals surface area contributed by atoms with Gasteiger partial charge in [0, 0.05) is 11.9 Å². The van der Waals surface area contributed by atoms with Gasteiger partial charge in [0.05, 0.1) is 5.69 Å². The van der Waals surface area contributed by atoms with Crippen LogP contribution in [0.1, 0.15) is 23.0 Å². The van der Waals surface area contributed by atoms with Crippen LogP contribution in [0.3, 0.4) is 0 Å². The van der Waals surface area contributed by atoms with E-state index in [4.69, 9.17) is 5.11 Å². The van der Waals surface area contributed by atoms with Crippen LogP contribution >= 0.6 is 0 Å². The Morgan fingerprint density at radius 1 is 1.53 bits per heavy atom. The Kier molecular flexibility index (Phi) is 3.28. The van der Waals surface area contributed by atoms with Crippen LogP contribution in [0.2, 0.25) is 0 Å². The minimum absolute atomic E-state index is 0.0906. The molecule has 3 N–H and O–H groups in total. The molecule has 0 fully saturated rings. The highest BCUT2D eigenvalue weighted by Crippen LogP contribution is 2.18. The maximum Gasteiger partial charge on any atom is 0.339 e. The molecule has 0 aromatic carbocycles. The molecule has 0 saturated carbocycles. The maximum atomic E-state index is 11.2. The molecule has 0 atom stereocenters. The first-order valence-corrected chi connectivity index (χ1v) is 4.41. The van der Waals surface area contributed by atoms with Crippen LogP contribution < -0.4 is 5.32 Å². The molecular formula is C10H12N2O3. The van der Waals surface area contributed by atoms with Crippen molar-refractivity contribution in [2.24, 2.45) is 0 Å². The zero-order valence-electron chi connectivity index (χ0n) is 8.50. The van der Waals surface area contributed by atoms with E-state index in [-0.39, 0.29) is 17.2 Å². The second kappa shape index (κ2) is 4.45. The second-order valence-corrected chi connectivity index (χ2v) is 3.00. The molecule has 0 aliphatic carbocycles. The molecule has 1 heterocycles. The number of nitrogens with one attached hydrogen (secondary N) is 2. The molecule has 1 aromatic heterocycles. The van der Waals surface area contributed by atoms with E-state index in [1.807, 2.05) is 0 Å². The van der Waals surface area contributed by atoms with Crippen LogP contribution in [0.4, 0.5) is 5.69 Å². The largest absolute Gasteiger partial charge is 0.478 e. The summed E-state index contributed by atoms with van der Waals surface area (Å²) in [5, 5.41) is 11.4. The van der Waals surface area contributed by atoms with Gasteiger partial charge in [0.15, 0.2) is 0 Å². The molecule has 0 radical (unpaired) electrons. The fraction of sp³-hybridized carbons (Fsp3) is 0.200. The molecule has 1 amide bonds. The number of aryl methyl sites for hydroxylation is 1. The van der Waals surface area contributed by atoms with E-state index < -0.39 is 5.97 Å². The number of anilines is 1. The third-order valence-electron chi connectivity index (χ3n) is 1.87. The molecule has 0 spiro atoms. The first-order chi connectivity index (χ1) is 7.06. The van der Waals surface area contributed by atoms with Crippen LogP contribution in [0.25, 0.3) is 0 Å². The normalized spacial score (nSPS) is 10.5. The number of carbonyl (C=O) groups is 2. The lowest BCUT2D eigenvalue weighted by atomic mass is 10.2. The summed E-state index contributed by atoms with van der Waals surface area (Å²) in [5.74, 6) is -1.41. The summed E-state index contributed by atoms with van der Waals surface area (Å²) in [7, 11) is 0. The minimum Gasteiger partial charge on any atom is -0.478 e. The van der Waals surface area contributed by atoms with Crippen molar-refractivity contribution in [3.63, 3.8) is 0 Å². The van der Waals surface area contributed by atoms with Gasteiger partial charge < -0.3 is 15.4 Å². The number of aromatic nitrogens is 1. The molecular weight excluding hydrogens is 196 g/mol. The van der Waals surface area contributed by atoms with Gasteiger partial charge >= 0.3 is 5.97 Å². The highest BCUT2D eigenvalue weighted by Gasteiger charge is 2.15. The van der Waals surface area contributed by atoms with Crippen molar-refractivity contribution in [3.8, 4) is 0 Å². The zero-order chi connectivity index (χ0) is 11.4. The van der Waals surface area contributed by atoms with Crippen molar-refractivity contribution >= 4 is 17.6 Å². The third-order valence-corrected chi connectivity index (χ3v) is 1.87. The Balaban J connectivity index is 2.95. The fourth-order valence-electron chi connectivity index (χ4n) is 1.23. The van der Waals surface area contributed by atoms with Gasteiger partial charge in [-0.15, -0.1) is 0 Å². The van der Waals surface area contributed by atoms with Crippen LogP contribution in [-0.4, -0.2) is 22.0 Å². The predicted octanol–water partition coefficient (Wildman–Crippen LogP) is 1.54. The van der Waals surface area contributed by atoms with E-state index in [1.165, 1.54) is 12.3 Å². The van der Waals surface area contributed by atoms with Crippen LogP contribution in [0, 0.1) is 6.92 Å². The van der Waals surface area contributed by atoms with E-state index in [9.17, 15) is 9.59 Å². The Bertz CT molecular complexity index is 418. The lowest BCUT2D eigenvalue weighted by molar-refractivity contribution is -0.111. The number of rotatable bonds is 3. The van der Waals surface area contributed by atoms with Crippen molar-refractivity contribution in [1.29, 1.82) is 0 Å². The molecule has 0 unspecified atom stereocenters. The number of carboxylic acid groups (broad SMARTS) is 1. The van der Waals surface area contributed by atoms with Crippen LogP contribution in [0.5, 0.6) is 0 Å². The standard InChI is InChI=1S/C10H12N2O3/c1-3-4-8(13)12-7-5-11-6(2)9(7)10(14)15/h3-5,11H,1-2H3,(H,12,13)(H,14,15)/b4-3+. The first kappa shape index (κ1) is 11.0. The van der Waals surface area contributed by atoms with E-state index in [1.54, 1.807) is 19.9 Å². The van der Waals surface area contributed by atoms with Crippen molar-refractivity contribution in [2.45, 2.75) is 13.8 Å². The van der Waals surface area contributed by atoms with Crippen LogP contribution in [-0.2, 0) is 4.79 Å². The maximum absolute atomic E-state index is 11.2. The summed E-state index contributed by atoms with van der Waals surface area (Å²) < 4.78 is 0. The highest BCUT2D eigenvalue weighted by atomic mass is 16.4. The molecule has 1 aromatic rings. The Morgan fingerprint density at radius 3 is 2.73 bits per heavy atom. The quantitative estimate of drug-likeness (QED) is 0.659. The molecule has 80 valence electrons. The number of carbonyl (C=O) groups excluding carboxylic acids is 1. The molecule has 0 aliphatic rings. The average molecular weight is 208 g/mol. The summed E-state index contributed by atoms with van der Waals surface area (Å²) in [6, 6.07) is 0. The SMILES string of the molecule is C/C=C/C(=O)Nc1c[nH]c(C)c1C(=O)O. The van der Waals surface area contributed by atoms with Crippen molar-refractivity contribution < 1.29 is 14.7 Å². The number of aromatic carboxylic acids is 1. The predicted molar refractivity (Wildman–Crippen MR) is 55.9 cm³/mol.